The first-order valence-corrected chi connectivity index (χ1v) is 8.65. The highest BCUT2D eigenvalue weighted by atomic mass is 15.2. The van der Waals surface area contributed by atoms with E-state index >= 15 is 0 Å². The van der Waals surface area contributed by atoms with Gasteiger partial charge in [0.25, 0.3) is 0 Å². The molecule has 1 aromatic rings. The number of hydrogen-bond acceptors (Lipinski definition) is 3. The maximum absolute atomic E-state index is 6.44. The van der Waals surface area contributed by atoms with Crippen LogP contribution in [-0.2, 0) is 0 Å². The second kappa shape index (κ2) is 6.45. The lowest BCUT2D eigenvalue weighted by atomic mass is 9.76. The van der Waals surface area contributed by atoms with Gasteiger partial charge in [-0.25, -0.2) is 0 Å². The largest absolute Gasteiger partial charge is 0.326 e. The third-order valence-electron chi connectivity index (χ3n) is 5.78. The molecule has 21 heavy (non-hydrogen) atoms. The SMILES string of the molecule is CCC(N)C(c1ccccn1)N1CCC2(CCCC2)CC1. The van der Waals surface area contributed by atoms with E-state index in [0.29, 0.717) is 5.41 Å². The van der Waals surface area contributed by atoms with E-state index in [0.717, 1.165) is 12.1 Å². The van der Waals surface area contributed by atoms with Crippen LogP contribution in [-0.4, -0.2) is 29.0 Å². The van der Waals surface area contributed by atoms with Crippen molar-refractivity contribution in [2.24, 2.45) is 11.1 Å². The number of pyridine rings is 1. The summed E-state index contributed by atoms with van der Waals surface area (Å²) in [5.74, 6) is 0. The summed E-state index contributed by atoms with van der Waals surface area (Å²) in [7, 11) is 0. The van der Waals surface area contributed by atoms with Crippen LogP contribution < -0.4 is 5.73 Å². The molecule has 0 aromatic carbocycles. The van der Waals surface area contributed by atoms with Crippen LogP contribution in [0.15, 0.2) is 24.4 Å². The molecule has 3 nitrogen and oxygen atoms in total. The summed E-state index contributed by atoms with van der Waals surface area (Å²) in [4.78, 5) is 7.19. The lowest BCUT2D eigenvalue weighted by molar-refractivity contribution is 0.0634. The predicted octanol–water partition coefficient (Wildman–Crippen LogP) is 3.52. The van der Waals surface area contributed by atoms with Crippen LogP contribution in [0.5, 0.6) is 0 Å². The van der Waals surface area contributed by atoms with Gasteiger partial charge in [-0.15, -0.1) is 0 Å². The molecule has 1 aromatic heterocycles. The Labute approximate surface area is 128 Å². The maximum Gasteiger partial charge on any atom is 0.0673 e. The van der Waals surface area contributed by atoms with Crippen molar-refractivity contribution in [3.8, 4) is 0 Å². The molecule has 0 amide bonds. The molecular weight excluding hydrogens is 258 g/mol. The fourth-order valence-corrected chi connectivity index (χ4v) is 4.35. The van der Waals surface area contributed by atoms with Gasteiger partial charge in [0.2, 0.25) is 0 Å². The lowest BCUT2D eigenvalue weighted by Gasteiger charge is -2.44. The zero-order valence-electron chi connectivity index (χ0n) is 13.3. The van der Waals surface area contributed by atoms with Gasteiger partial charge in [-0.1, -0.05) is 25.8 Å². The predicted molar refractivity (Wildman–Crippen MR) is 87.0 cm³/mol. The molecule has 116 valence electrons. The van der Waals surface area contributed by atoms with Crippen molar-refractivity contribution in [3.05, 3.63) is 30.1 Å². The van der Waals surface area contributed by atoms with E-state index in [1.807, 2.05) is 12.3 Å². The molecule has 0 bridgehead atoms. The summed E-state index contributed by atoms with van der Waals surface area (Å²) in [6, 6.07) is 6.68. The summed E-state index contributed by atoms with van der Waals surface area (Å²) >= 11 is 0. The van der Waals surface area contributed by atoms with Crippen LogP contribution in [0.3, 0.4) is 0 Å². The molecule has 2 unspecified atom stereocenters. The fourth-order valence-electron chi connectivity index (χ4n) is 4.35. The van der Waals surface area contributed by atoms with E-state index in [2.05, 4.69) is 28.9 Å². The molecule has 1 aliphatic heterocycles. The van der Waals surface area contributed by atoms with Crippen molar-refractivity contribution in [1.82, 2.24) is 9.88 Å². The zero-order valence-corrected chi connectivity index (χ0v) is 13.3. The van der Waals surface area contributed by atoms with Gasteiger partial charge in [0.1, 0.15) is 0 Å². The Kier molecular flexibility index (Phi) is 4.60. The Morgan fingerprint density at radius 3 is 2.48 bits per heavy atom. The number of piperidine rings is 1. The van der Waals surface area contributed by atoms with Gasteiger partial charge in [-0.3, -0.25) is 9.88 Å². The normalized spacial score (nSPS) is 25.0. The molecule has 2 fully saturated rings. The van der Waals surface area contributed by atoms with E-state index in [1.54, 1.807) is 0 Å². The molecule has 2 heterocycles. The number of hydrogen-bond donors (Lipinski definition) is 1. The van der Waals surface area contributed by atoms with Crippen molar-refractivity contribution in [1.29, 1.82) is 0 Å². The van der Waals surface area contributed by atoms with E-state index in [-0.39, 0.29) is 12.1 Å². The van der Waals surface area contributed by atoms with Gasteiger partial charge < -0.3 is 5.73 Å². The highest BCUT2D eigenvalue weighted by molar-refractivity contribution is 5.12. The molecule has 1 aliphatic carbocycles. The summed E-state index contributed by atoms with van der Waals surface area (Å²) in [6.07, 6.45) is 11.4. The first kappa shape index (κ1) is 15.0. The van der Waals surface area contributed by atoms with Gasteiger partial charge in [-0.05, 0) is 62.7 Å². The van der Waals surface area contributed by atoms with Gasteiger partial charge >= 0.3 is 0 Å². The minimum atomic E-state index is 0.178. The number of nitrogens with two attached hydrogens (primary N) is 1. The van der Waals surface area contributed by atoms with Gasteiger partial charge in [0.15, 0.2) is 0 Å². The molecule has 3 heteroatoms. The van der Waals surface area contributed by atoms with Crippen LogP contribution in [0, 0.1) is 5.41 Å². The Morgan fingerprint density at radius 2 is 1.90 bits per heavy atom. The third kappa shape index (κ3) is 3.14. The molecule has 1 saturated carbocycles. The van der Waals surface area contributed by atoms with Crippen LogP contribution in [0.1, 0.15) is 63.6 Å². The Hall–Kier alpha value is -0.930. The van der Waals surface area contributed by atoms with Gasteiger partial charge in [0, 0.05) is 12.2 Å². The second-order valence-electron chi connectivity index (χ2n) is 7.01. The molecule has 0 radical (unpaired) electrons. The van der Waals surface area contributed by atoms with Crippen molar-refractivity contribution in [3.63, 3.8) is 0 Å². The summed E-state index contributed by atoms with van der Waals surface area (Å²) in [6.45, 7) is 4.56. The first-order valence-electron chi connectivity index (χ1n) is 8.65. The third-order valence-corrected chi connectivity index (χ3v) is 5.78. The van der Waals surface area contributed by atoms with Crippen molar-refractivity contribution < 1.29 is 0 Å². The van der Waals surface area contributed by atoms with Gasteiger partial charge in [0.05, 0.1) is 11.7 Å². The average molecular weight is 287 g/mol. The van der Waals surface area contributed by atoms with Crippen LogP contribution in [0.4, 0.5) is 0 Å². The Balaban J connectivity index is 1.73. The topological polar surface area (TPSA) is 42.1 Å². The Bertz CT molecular complexity index is 429. The standard InChI is InChI=1S/C18H29N3/c1-2-15(19)17(16-7-3-6-12-20-16)21-13-10-18(11-14-21)8-4-5-9-18/h3,6-7,12,15,17H,2,4-5,8-11,13-14,19H2,1H3. The molecule has 3 rings (SSSR count). The fraction of sp³-hybridized carbons (Fsp3) is 0.722. The van der Waals surface area contributed by atoms with Crippen molar-refractivity contribution >= 4 is 0 Å². The summed E-state index contributed by atoms with van der Waals surface area (Å²) in [5, 5.41) is 0. The number of nitrogens with zero attached hydrogens (tertiary/aromatic N) is 2. The lowest BCUT2D eigenvalue weighted by Crippen LogP contribution is -2.47. The molecule has 2 atom stereocenters. The number of aromatic nitrogens is 1. The molecule has 2 aliphatic rings. The maximum atomic E-state index is 6.44. The minimum Gasteiger partial charge on any atom is -0.326 e. The van der Waals surface area contributed by atoms with Crippen LogP contribution in [0.25, 0.3) is 0 Å². The smallest absolute Gasteiger partial charge is 0.0673 e. The molecule has 1 spiro atoms. The zero-order chi connectivity index (χ0) is 14.7. The van der Waals surface area contributed by atoms with Crippen molar-refractivity contribution in [2.75, 3.05) is 13.1 Å². The van der Waals surface area contributed by atoms with Crippen LogP contribution in [0.2, 0.25) is 0 Å². The number of rotatable bonds is 4. The number of likely N-dealkylation sites (tertiary alicyclic amines) is 1. The van der Waals surface area contributed by atoms with Crippen LogP contribution >= 0.6 is 0 Å². The quantitative estimate of drug-likeness (QED) is 0.921. The van der Waals surface area contributed by atoms with E-state index < -0.39 is 0 Å². The Morgan fingerprint density at radius 1 is 1.19 bits per heavy atom. The van der Waals surface area contributed by atoms with E-state index in [9.17, 15) is 0 Å². The van der Waals surface area contributed by atoms with Gasteiger partial charge in [-0.2, -0.15) is 0 Å². The van der Waals surface area contributed by atoms with E-state index in [1.165, 1.54) is 51.6 Å². The molecule has 2 N–H and O–H groups in total. The summed E-state index contributed by atoms with van der Waals surface area (Å²) in [5.41, 5.74) is 8.26. The first-order chi connectivity index (χ1) is 10.2. The minimum absolute atomic E-state index is 0.178. The average Bonchev–Trinajstić information content (AvgIpc) is 2.99. The van der Waals surface area contributed by atoms with Crippen molar-refractivity contribution in [2.45, 2.75) is 64.0 Å². The molecular formula is C18H29N3. The molecule has 1 saturated heterocycles. The summed E-state index contributed by atoms with van der Waals surface area (Å²) < 4.78 is 0. The monoisotopic (exact) mass is 287 g/mol. The second-order valence-corrected chi connectivity index (χ2v) is 7.01. The highest BCUT2D eigenvalue weighted by Crippen LogP contribution is 2.47. The van der Waals surface area contributed by atoms with E-state index in [4.69, 9.17) is 5.73 Å². The highest BCUT2D eigenvalue weighted by Gasteiger charge is 2.39.